The van der Waals surface area contributed by atoms with Crippen molar-refractivity contribution < 1.29 is 4.79 Å². The second-order valence-corrected chi connectivity index (χ2v) is 6.66. The highest BCUT2D eigenvalue weighted by Gasteiger charge is 2.16. The number of benzene rings is 1. The number of nitrogens with one attached hydrogen (secondary N) is 1. The summed E-state index contributed by atoms with van der Waals surface area (Å²) in [4.78, 5) is 12.4. The van der Waals surface area contributed by atoms with Gasteiger partial charge in [-0.05, 0) is 60.7 Å². The van der Waals surface area contributed by atoms with Crippen LogP contribution in [0.2, 0.25) is 10.0 Å². The summed E-state index contributed by atoms with van der Waals surface area (Å²) in [5.41, 5.74) is 1.27. The van der Waals surface area contributed by atoms with Crippen LogP contribution in [0.1, 0.15) is 30.4 Å². The predicted molar refractivity (Wildman–Crippen MR) is 91.9 cm³/mol. The molecule has 2 aromatic rings. The van der Waals surface area contributed by atoms with Crippen molar-refractivity contribution in [2.24, 2.45) is 0 Å². The zero-order chi connectivity index (χ0) is 14.9. The van der Waals surface area contributed by atoms with Gasteiger partial charge in [0.05, 0.1) is 10.7 Å². The summed E-state index contributed by atoms with van der Waals surface area (Å²) in [5, 5.41) is 4.07. The maximum absolute atomic E-state index is 12.4. The molecule has 0 atom stereocenters. The van der Waals surface area contributed by atoms with E-state index >= 15 is 0 Å². The van der Waals surface area contributed by atoms with Crippen molar-refractivity contribution in [1.29, 1.82) is 0 Å². The molecule has 1 N–H and O–H groups in total. The molecule has 3 nitrogen and oxygen atoms in total. The minimum absolute atomic E-state index is 0.160. The number of carbonyl (C=O) groups excluding carboxylic acids is 1. The van der Waals surface area contributed by atoms with E-state index < -0.39 is 0 Å². The van der Waals surface area contributed by atoms with Crippen LogP contribution in [-0.4, -0.2) is 10.5 Å². The first-order valence-electron chi connectivity index (χ1n) is 6.02. The number of halogens is 3. The molecule has 20 heavy (non-hydrogen) atoms. The van der Waals surface area contributed by atoms with Crippen LogP contribution in [0, 0.1) is 3.57 Å². The van der Waals surface area contributed by atoms with Gasteiger partial charge in [0.25, 0.3) is 5.91 Å². The molecule has 6 heteroatoms. The van der Waals surface area contributed by atoms with Crippen molar-refractivity contribution >= 4 is 57.4 Å². The van der Waals surface area contributed by atoms with Crippen molar-refractivity contribution in [3.05, 3.63) is 49.8 Å². The lowest BCUT2D eigenvalue weighted by Crippen LogP contribution is -2.18. The maximum atomic E-state index is 12.4. The monoisotopic (exact) mass is 422 g/mol. The van der Waals surface area contributed by atoms with Crippen molar-refractivity contribution in [1.82, 2.24) is 4.57 Å². The van der Waals surface area contributed by atoms with Crippen LogP contribution in [0.5, 0.6) is 0 Å². The van der Waals surface area contributed by atoms with Crippen LogP contribution >= 0.6 is 45.8 Å². The Bertz CT molecular complexity index is 653. The molecule has 0 saturated carbocycles. The molecule has 106 valence electrons. The molecule has 0 aliphatic carbocycles. The lowest BCUT2D eigenvalue weighted by atomic mass is 10.3. The number of rotatable bonds is 3. The Morgan fingerprint density at radius 3 is 2.55 bits per heavy atom. The van der Waals surface area contributed by atoms with Gasteiger partial charge in [-0.2, -0.15) is 0 Å². The normalized spacial score (nSPS) is 10.9. The molecule has 0 fully saturated rings. The van der Waals surface area contributed by atoms with Gasteiger partial charge in [-0.1, -0.05) is 23.2 Å². The standard InChI is InChI=1S/C14H13Cl2IN2O/c1-8(2)19-7-10(16)6-13(19)14(20)18-12-4-3-9(15)5-11(12)17/h3-8H,1-2H3,(H,18,20). The number of amides is 1. The summed E-state index contributed by atoms with van der Waals surface area (Å²) in [5.74, 6) is -0.189. The van der Waals surface area contributed by atoms with E-state index in [1.807, 2.05) is 18.4 Å². The van der Waals surface area contributed by atoms with Gasteiger partial charge >= 0.3 is 0 Å². The summed E-state index contributed by atoms with van der Waals surface area (Å²) in [6.45, 7) is 4.00. The maximum Gasteiger partial charge on any atom is 0.272 e. The third-order valence-corrected chi connectivity index (χ3v) is 4.12. The molecule has 0 radical (unpaired) electrons. The van der Waals surface area contributed by atoms with Crippen LogP contribution in [0.25, 0.3) is 0 Å². The first-order valence-corrected chi connectivity index (χ1v) is 7.85. The Morgan fingerprint density at radius 2 is 1.95 bits per heavy atom. The molecule has 0 unspecified atom stereocenters. The zero-order valence-corrected chi connectivity index (χ0v) is 14.6. The second-order valence-electron chi connectivity index (χ2n) is 4.62. The SMILES string of the molecule is CC(C)n1cc(Cl)cc1C(=O)Nc1ccc(Cl)cc1I. The predicted octanol–water partition coefficient (Wildman–Crippen LogP) is 5.23. The summed E-state index contributed by atoms with van der Waals surface area (Å²) < 4.78 is 2.73. The zero-order valence-electron chi connectivity index (χ0n) is 11.0. The van der Waals surface area contributed by atoms with Crippen molar-refractivity contribution in [3.8, 4) is 0 Å². The summed E-state index contributed by atoms with van der Waals surface area (Å²) >= 11 is 14.0. The van der Waals surface area contributed by atoms with Crippen LogP contribution in [0.4, 0.5) is 5.69 Å². The molecular weight excluding hydrogens is 410 g/mol. The highest BCUT2D eigenvalue weighted by molar-refractivity contribution is 14.1. The van der Waals surface area contributed by atoms with Crippen LogP contribution in [0.15, 0.2) is 30.5 Å². The molecule has 1 amide bonds. The lowest BCUT2D eigenvalue weighted by molar-refractivity contribution is 0.101. The van der Waals surface area contributed by atoms with E-state index in [1.165, 1.54) is 0 Å². The molecule has 0 bridgehead atoms. The van der Waals surface area contributed by atoms with Gasteiger partial charge in [-0.25, -0.2) is 0 Å². The molecule has 1 heterocycles. The molecule has 1 aromatic heterocycles. The van der Waals surface area contributed by atoms with Gasteiger partial charge in [0.2, 0.25) is 0 Å². The number of nitrogens with zero attached hydrogens (tertiary/aromatic N) is 1. The van der Waals surface area contributed by atoms with Gasteiger partial charge in [0, 0.05) is 20.8 Å². The average Bonchev–Trinajstić information content (AvgIpc) is 2.75. The van der Waals surface area contributed by atoms with Crippen LogP contribution < -0.4 is 5.32 Å². The van der Waals surface area contributed by atoms with Gasteiger partial charge in [-0.3, -0.25) is 4.79 Å². The Morgan fingerprint density at radius 1 is 1.25 bits per heavy atom. The molecule has 0 saturated heterocycles. The van der Waals surface area contributed by atoms with E-state index in [4.69, 9.17) is 23.2 Å². The van der Waals surface area contributed by atoms with Gasteiger partial charge in [0.15, 0.2) is 0 Å². The minimum Gasteiger partial charge on any atom is -0.339 e. The third kappa shape index (κ3) is 3.48. The first-order chi connectivity index (χ1) is 9.38. The van der Waals surface area contributed by atoms with E-state index in [9.17, 15) is 4.79 Å². The molecule has 0 aliphatic heterocycles. The summed E-state index contributed by atoms with van der Waals surface area (Å²) in [6.07, 6.45) is 1.76. The van der Waals surface area contributed by atoms with Gasteiger partial charge in [-0.15, -0.1) is 0 Å². The van der Waals surface area contributed by atoms with Crippen molar-refractivity contribution in [3.63, 3.8) is 0 Å². The molecule has 1 aromatic carbocycles. The number of hydrogen-bond acceptors (Lipinski definition) is 1. The Labute approximate surface area is 141 Å². The van der Waals surface area contributed by atoms with Crippen LogP contribution in [0.3, 0.4) is 0 Å². The van der Waals surface area contributed by atoms with Crippen molar-refractivity contribution in [2.45, 2.75) is 19.9 Å². The summed E-state index contributed by atoms with van der Waals surface area (Å²) in [6, 6.07) is 7.15. The van der Waals surface area contributed by atoms with Crippen molar-refractivity contribution in [2.75, 3.05) is 5.32 Å². The Hall–Kier alpha value is -0.720. The van der Waals surface area contributed by atoms with E-state index in [0.717, 1.165) is 9.26 Å². The van der Waals surface area contributed by atoms with E-state index in [2.05, 4.69) is 27.9 Å². The quantitative estimate of drug-likeness (QED) is 0.675. The smallest absolute Gasteiger partial charge is 0.272 e. The van der Waals surface area contributed by atoms with Crippen LogP contribution in [-0.2, 0) is 0 Å². The number of hydrogen-bond donors (Lipinski definition) is 1. The minimum atomic E-state index is -0.189. The number of carbonyl (C=O) groups is 1. The fraction of sp³-hybridized carbons (Fsp3) is 0.214. The van der Waals surface area contributed by atoms with E-state index in [1.54, 1.807) is 30.5 Å². The largest absolute Gasteiger partial charge is 0.339 e. The molecular formula is C14H13Cl2IN2O. The molecule has 0 aliphatic rings. The van der Waals surface area contributed by atoms with E-state index in [0.29, 0.717) is 15.7 Å². The fourth-order valence-electron chi connectivity index (χ4n) is 1.83. The summed E-state index contributed by atoms with van der Waals surface area (Å²) in [7, 11) is 0. The number of anilines is 1. The lowest BCUT2D eigenvalue weighted by Gasteiger charge is -2.13. The highest BCUT2D eigenvalue weighted by atomic mass is 127. The number of aromatic nitrogens is 1. The fourth-order valence-corrected chi connectivity index (χ4v) is 3.05. The molecule has 2 rings (SSSR count). The van der Waals surface area contributed by atoms with Gasteiger partial charge in [0.1, 0.15) is 5.69 Å². The second kappa shape index (κ2) is 6.37. The first kappa shape index (κ1) is 15.7. The topological polar surface area (TPSA) is 34.0 Å². The highest BCUT2D eigenvalue weighted by Crippen LogP contribution is 2.24. The van der Waals surface area contributed by atoms with E-state index in [-0.39, 0.29) is 11.9 Å². The third-order valence-electron chi connectivity index (χ3n) is 2.78. The Kier molecular flexibility index (Phi) is 4.99. The Balaban J connectivity index is 2.28. The van der Waals surface area contributed by atoms with Gasteiger partial charge < -0.3 is 9.88 Å². The average molecular weight is 423 g/mol. The molecule has 0 spiro atoms.